The molecule has 0 aliphatic heterocycles. The van der Waals surface area contributed by atoms with Crippen molar-refractivity contribution in [2.45, 2.75) is 46.6 Å². The van der Waals surface area contributed by atoms with E-state index in [4.69, 9.17) is 4.74 Å². The van der Waals surface area contributed by atoms with E-state index >= 15 is 0 Å². The van der Waals surface area contributed by atoms with Crippen molar-refractivity contribution in [3.63, 3.8) is 0 Å². The fourth-order valence-electron chi connectivity index (χ4n) is 2.20. The highest BCUT2D eigenvalue weighted by atomic mass is 79.9. The van der Waals surface area contributed by atoms with Gasteiger partial charge >= 0.3 is 0 Å². The molecule has 0 aromatic heterocycles. The molecule has 0 radical (unpaired) electrons. The van der Waals surface area contributed by atoms with Crippen molar-refractivity contribution in [3.8, 4) is 5.75 Å². The lowest BCUT2D eigenvalue weighted by Gasteiger charge is -2.27. The Kier molecular flexibility index (Phi) is 7.47. The second-order valence-electron chi connectivity index (χ2n) is 4.93. The van der Waals surface area contributed by atoms with Gasteiger partial charge < -0.3 is 10.1 Å². The van der Waals surface area contributed by atoms with Crippen LogP contribution in [-0.2, 0) is 0 Å². The topological polar surface area (TPSA) is 21.3 Å². The van der Waals surface area contributed by atoms with Crippen molar-refractivity contribution in [1.82, 2.24) is 5.32 Å². The average Bonchev–Trinajstić information content (AvgIpc) is 2.41. The maximum atomic E-state index is 5.79. The summed E-state index contributed by atoms with van der Waals surface area (Å²) in [6.07, 6.45) is 2.30. The zero-order valence-corrected chi connectivity index (χ0v) is 14.1. The summed E-state index contributed by atoms with van der Waals surface area (Å²) in [7, 11) is 0. The zero-order chi connectivity index (χ0) is 14.3. The normalized spacial score (nSPS) is 14.2. The molecule has 0 amide bonds. The third-order valence-electron chi connectivity index (χ3n) is 3.43. The second-order valence-corrected chi connectivity index (χ2v) is 5.85. The van der Waals surface area contributed by atoms with Crippen LogP contribution in [0.25, 0.3) is 0 Å². The van der Waals surface area contributed by atoms with Gasteiger partial charge in [0.15, 0.2) is 0 Å². The van der Waals surface area contributed by atoms with E-state index in [2.05, 4.69) is 54.2 Å². The van der Waals surface area contributed by atoms with Crippen molar-refractivity contribution in [3.05, 3.63) is 28.2 Å². The van der Waals surface area contributed by atoms with Crippen LogP contribution in [0.15, 0.2) is 22.7 Å². The van der Waals surface area contributed by atoms with E-state index in [1.165, 1.54) is 5.56 Å². The van der Waals surface area contributed by atoms with Gasteiger partial charge in [0.05, 0.1) is 6.61 Å². The molecule has 0 fully saturated rings. The molecule has 2 unspecified atom stereocenters. The molecule has 0 aliphatic rings. The molecule has 0 saturated heterocycles. The zero-order valence-electron chi connectivity index (χ0n) is 12.5. The van der Waals surface area contributed by atoms with Gasteiger partial charge in [0.2, 0.25) is 0 Å². The number of rotatable bonds is 8. The highest BCUT2D eigenvalue weighted by molar-refractivity contribution is 9.10. The Morgan fingerprint density at radius 2 is 2.00 bits per heavy atom. The van der Waals surface area contributed by atoms with E-state index in [1.54, 1.807) is 0 Å². The van der Waals surface area contributed by atoms with Crippen LogP contribution in [0.4, 0.5) is 0 Å². The smallest absolute Gasteiger partial charge is 0.124 e. The monoisotopic (exact) mass is 327 g/mol. The third-order valence-corrected chi connectivity index (χ3v) is 3.93. The Labute approximate surface area is 126 Å². The summed E-state index contributed by atoms with van der Waals surface area (Å²) in [4.78, 5) is 0. The summed E-state index contributed by atoms with van der Waals surface area (Å²) in [6, 6.07) is 6.64. The number of halogens is 1. The summed E-state index contributed by atoms with van der Waals surface area (Å²) in [5, 5.41) is 3.66. The highest BCUT2D eigenvalue weighted by Crippen LogP contribution is 2.33. The van der Waals surface area contributed by atoms with Crippen LogP contribution in [0.2, 0.25) is 0 Å². The molecule has 0 spiro atoms. The van der Waals surface area contributed by atoms with Crippen LogP contribution in [0.5, 0.6) is 5.75 Å². The molecule has 0 saturated carbocycles. The molecule has 3 heteroatoms. The van der Waals surface area contributed by atoms with E-state index in [1.807, 2.05) is 13.0 Å². The number of hydrogen-bond acceptors (Lipinski definition) is 2. The van der Waals surface area contributed by atoms with Gasteiger partial charge in [-0.3, -0.25) is 0 Å². The lowest BCUT2D eigenvalue weighted by molar-refractivity contribution is 0.316. The van der Waals surface area contributed by atoms with Crippen LogP contribution in [0.3, 0.4) is 0 Å². The first-order chi connectivity index (χ1) is 9.13. The summed E-state index contributed by atoms with van der Waals surface area (Å²) in [5.41, 5.74) is 1.26. The fourth-order valence-corrected chi connectivity index (χ4v) is 2.58. The molecule has 1 N–H and O–H groups in total. The van der Waals surface area contributed by atoms with Crippen LogP contribution in [0.1, 0.15) is 52.1 Å². The van der Waals surface area contributed by atoms with Crippen molar-refractivity contribution in [1.29, 1.82) is 0 Å². The molecule has 2 nitrogen and oxygen atoms in total. The average molecular weight is 328 g/mol. The quantitative estimate of drug-likeness (QED) is 0.730. The number of benzene rings is 1. The summed E-state index contributed by atoms with van der Waals surface area (Å²) >= 11 is 3.57. The van der Waals surface area contributed by atoms with Crippen LogP contribution >= 0.6 is 15.9 Å². The first-order valence-electron chi connectivity index (χ1n) is 7.29. The summed E-state index contributed by atoms with van der Waals surface area (Å²) in [5.74, 6) is 1.58. The molecule has 1 aromatic carbocycles. The Morgan fingerprint density at radius 3 is 2.58 bits per heavy atom. The standard InChI is InChI=1S/C16H26BrNO/c1-5-10-18-16(12(4)6-2)14-11-13(17)8-9-15(14)19-7-3/h8-9,11-12,16,18H,5-7,10H2,1-4H3. The minimum atomic E-state index is 0.351. The maximum absolute atomic E-state index is 5.79. The molecule has 19 heavy (non-hydrogen) atoms. The molecule has 1 aromatic rings. The lowest BCUT2D eigenvalue weighted by atomic mass is 9.91. The van der Waals surface area contributed by atoms with E-state index in [-0.39, 0.29) is 0 Å². The molecule has 1 rings (SSSR count). The van der Waals surface area contributed by atoms with Crippen LogP contribution in [-0.4, -0.2) is 13.2 Å². The Hall–Kier alpha value is -0.540. The van der Waals surface area contributed by atoms with Crippen molar-refractivity contribution < 1.29 is 4.74 Å². The molecule has 108 valence electrons. The van der Waals surface area contributed by atoms with Crippen LogP contribution in [0, 0.1) is 5.92 Å². The summed E-state index contributed by atoms with van der Waals surface area (Å²) < 4.78 is 6.90. The molecule has 2 atom stereocenters. The predicted octanol–water partition coefficient (Wildman–Crippen LogP) is 4.93. The molecule has 0 bridgehead atoms. The molecule has 0 heterocycles. The van der Waals surface area contributed by atoms with Crippen LogP contribution < -0.4 is 10.1 Å². The largest absolute Gasteiger partial charge is 0.494 e. The molecular formula is C16H26BrNO. The summed E-state index contributed by atoms with van der Waals surface area (Å²) in [6.45, 7) is 10.5. The Balaban J connectivity index is 3.07. The third kappa shape index (κ3) is 4.81. The number of nitrogens with one attached hydrogen (secondary N) is 1. The van der Waals surface area contributed by atoms with Crippen molar-refractivity contribution in [2.24, 2.45) is 5.92 Å². The van der Waals surface area contributed by atoms with Gasteiger partial charge in [-0.1, -0.05) is 43.1 Å². The minimum Gasteiger partial charge on any atom is -0.494 e. The number of hydrogen-bond donors (Lipinski definition) is 1. The van der Waals surface area contributed by atoms with E-state index in [0.717, 1.165) is 29.6 Å². The SMILES string of the molecule is CCCNC(c1cc(Br)ccc1OCC)C(C)CC. The molecule has 0 aliphatic carbocycles. The van der Waals surface area contributed by atoms with Gasteiger partial charge in [0.1, 0.15) is 5.75 Å². The van der Waals surface area contributed by atoms with E-state index in [0.29, 0.717) is 18.6 Å². The Bertz CT molecular complexity index is 381. The van der Waals surface area contributed by atoms with E-state index in [9.17, 15) is 0 Å². The first kappa shape index (κ1) is 16.5. The maximum Gasteiger partial charge on any atom is 0.124 e. The van der Waals surface area contributed by atoms with Crippen molar-refractivity contribution in [2.75, 3.05) is 13.2 Å². The minimum absolute atomic E-state index is 0.351. The van der Waals surface area contributed by atoms with Gasteiger partial charge in [-0.15, -0.1) is 0 Å². The second kappa shape index (κ2) is 8.60. The highest BCUT2D eigenvalue weighted by Gasteiger charge is 2.21. The van der Waals surface area contributed by atoms with Gasteiger partial charge in [0, 0.05) is 16.1 Å². The van der Waals surface area contributed by atoms with Gasteiger partial charge in [-0.05, 0) is 44.0 Å². The predicted molar refractivity (Wildman–Crippen MR) is 85.8 cm³/mol. The molecular weight excluding hydrogens is 302 g/mol. The lowest BCUT2D eigenvalue weighted by Crippen LogP contribution is -2.28. The van der Waals surface area contributed by atoms with Gasteiger partial charge in [-0.25, -0.2) is 0 Å². The first-order valence-corrected chi connectivity index (χ1v) is 8.08. The number of ether oxygens (including phenoxy) is 1. The van der Waals surface area contributed by atoms with Gasteiger partial charge in [-0.2, -0.15) is 0 Å². The van der Waals surface area contributed by atoms with Crippen molar-refractivity contribution >= 4 is 15.9 Å². The van der Waals surface area contributed by atoms with E-state index < -0.39 is 0 Å². The van der Waals surface area contributed by atoms with Gasteiger partial charge in [0.25, 0.3) is 0 Å². The fraction of sp³-hybridized carbons (Fsp3) is 0.625. The Morgan fingerprint density at radius 1 is 1.26 bits per heavy atom.